The number of rotatable bonds is 3. The van der Waals surface area contributed by atoms with Gasteiger partial charge < -0.3 is 16.0 Å². The van der Waals surface area contributed by atoms with Gasteiger partial charge in [-0.2, -0.15) is 0 Å². The summed E-state index contributed by atoms with van der Waals surface area (Å²) in [5, 5.41) is 4.38. The number of fused-ring (bicyclic) bond motifs is 2. The van der Waals surface area contributed by atoms with Gasteiger partial charge in [-0.15, -0.1) is 0 Å². The second-order valence-electron chi connectivity index (χ2n) is 6.49. The zero-order valence-corrected chi connectivity index (χ0v) is 14.6. The lowest BCUT2D eigenvalue weighted by Gasteiger charge is -2.21. The van der Waals surface area contributed by atoms with E-state index in [1.54, 1.807) is 12.5 Å². The Balaban J connectivity index is 1.55. The number of nitrogens with zero attached hydrogens (tertiary/aromatic N) is 4. The van der Waals surface area contributed by atoms with Crippen molar-refractivity contribution in [2.45, 2.75) is 6.42 Å². The number of benzene rings is 2. The number of hydrogen-bond donors (Lipinski definition) is 2. The molecular formula is C21H18N6. The predicted molar refractivity (Wildman–Crippen MR) is 109 cm³/mol. The van der Waals surface area contributed by atoms with E-state index in [0.717, 1.165) is 41.1 Å². The lowest BCUT2D eigenvalue weighted by atomic mass is 10.2. The summed E-state index contributed by atoms with van der Waals surface area (Å²) in [5.74, 6) is 1.33. The van der Waals surface area contributed by atoms with Crippen molar-refractivity contribution in [2.24, 2.45) is 0 Å². The van der Waals surface area contributed by atoms with Crippen LogP contribution in [0.4, 0.5) is 28.7 Å². The van der Waals surface area contributed by atoms with Gasteiger partial charge in [0.15, 0.2) is 11.6 Å². The summed E-state index contributed by atoms with van der Waals surface area (Å²) in [6.07, 6.45) is 4.32. The SMILES string of the molecule is Nc1c(Nc2cccc3ncccc23)ncnc1N1CCc2ccccc21. The molecule has 0 aliphatic carbocycles. The summed E-state index contributed by atoms with van der Waals surface area (Å²) in [4.78, 5) is 15.4. The Labute approximate surface area is 156 Å². The maximum Gasteiger partial charge on any atom is 0.161 e. The third-order valence-electron chi connectivity index (χ3n) is 4.90. The number of aromatic nitrogens is 3. The van der Waals surface area contributed by atoms with E-state index in [4.69, 9.17) is 5.73 Å². The van der Waals surface area contributed by atoms with E-state index < -0.39 is 0 Å². The first-order valence-electron chi connectivity index (χ1n) is 8.88. The Morgan fingerprint density at radius 2 is 1.85 bits per heavy atom. The van der Waals surface area contributed by atoms with Crippen LogP contribution in [0.5, 0.6) is 0 Å². The molecule has 0 radical (unpaired) electrons. The Kier molecular flexibility index (Phi) is 3.60. The smallest absolute Gasteiger partial charge is 0.161 e. The molecule has 0 saturated carbocycles. The van der Waals surface area contributed by atoms with Crippen LogP contribution in [-0.4, -0.2) is 21.5 Å². The van der Waals surface area contributed by atoms with Crippen molar-refractivity contribution in [2.75, 3.05) is 22.5 Å². The van der Waals surface area contributed by atoms with Gasteiger partial charge in [0.2, 0.25) is 0 Å². The van der Waals surface area contributed by atoms with Crippen molar-refractivity contribution < 1.29 is 0 Å². The van der Waals surface area contributed by atoms with E-state index in [-0.39, 0.29) is 0 Å². The van der Waals surface area contributed by atoms with Crippen LogP contribution in [0.25, 0.3) is 10.9 Å². The molecule has 6 heteroatoms. The predicted octanol–water partition coefficient (Wildman–Crippen LogP) is 4.04. The molecule has 0 amide bonds. The fourth-order valence-corrected chi connectivity index (χ4v) is 3.60. The Morgan fingerprint density at radius 1 is 0.926 bits per heavy atom. The Hall–Kier alpha value is -3.67. The third kappa shape index (κ3) is 2.62. The summed E-state index contributed by atoms with van der Waals surface area (Å²) < 4.78 is 0. The Morgan fingerprint density at radius 3 is 2.81 bits per heavy atom. The second kappa shape index (κ2) is 6.25. The van der Waals surface area contributed by atoms with Gasteiger partial charge in [-0.1, -0.05) is 24.3 Å². The van der Waals surface area contributed by atoms with Crippen LogP contribution in [0.15, 0.2) is 67.1 Å². The van der Waals surface area contributed by atoms with Gasteiger partial charge in [0.05, 0.1) is 5.52 Å². The molecule has 0 saturated heterocycles. The molecule has 3 N–H and O–H groups in total. The van der Waals surface area contributed by atoms with Crippen LogP contribution < -0.4 is 16.0 Å². The molecule has 132 valence electrons. The fraction of sp³-hybridized carbons (Fsp3) is 0.0952. The maximum atomic E-state index is 6.47. The number of anilines is 5. The molecular weight excluding hydrogens is 336 g/mol. The van der Waals surface area contributed by atoms with Gasteiger partial charge in [0.25, 0.3) is 0 Å². The molecule has 2 aromatic carbocycles. The largest absolute Gasteiger partial charge is 0.393 e. The van der Waals surface area contributed by atoms with Gasteiger partial charge in [0, 0.05) is 29.5 Å². The lowest BCUT2D eigenvalue weighted by molar-refractivity contribution is 0.968. The fourth-order valence-electron chi connectivity index (χ4n) is 3.60. The molecule has 0 spiro atoms. The van der Waals surface area contributed by atoms with E-state index in [9.17, 15) is 0 Å². The van der Waals surface area contributed by atoms with Crippen LogP contribution in [-0.2, 0) is 6.42 Å². The first-order valence-corrected chi connectivity index (χ1v) is 8.88. The maximum absolute atomic E-state index is 6.47. The topological polar surface area (TPSA) is 80.0 Å². The van der Waals surface area contributed by atoms with Crippen molar-refractivity contribution in [3.8, 4) is 0 Å². The van der Waals surface area contributed by atoms with Crippen LogP contribution >= 0.6 is 0 Å². The molecule has 3 heterocycles. The molecule has 0 bridgehead atoms. The van der Waals surface area contributed by atoms with Crippen LogP contribution in [0.3, 0.4) is 0 Å². The second-order valence-corrected chi connectivity index (χ2v) is 6.49. The van der Waals surface area contributed by atoms with Crippen molar-refractivity contribution in [1.82, 2.24) is 15.0 Å². The van der Waals surface area contributed by atoms with Crippen molar-refractivity contribution in [1.29, 1.82) is 0 Å². The first kappa shape index (κ1) is 15.6. The van der Waals surface area contributed by atoms with E-state index in [0.29, 0.717) is 11.5 Å². The molecule has 0 fully saturated rings. The minimum absolute atomic E-state index is 0.537. The molecule has 1 aliphatic heterocycles. The van der Waals surface area contributed by atoms with Gasteiger partial charge >= 0.3 is 0 Å². The first-order chi connectivity index (χ1) is 13.3. The van der Waals surface area contributed by atoms with E-state index >= 15 is 0 Å². The summed E-state index contributed by atoms with van der Waals surface area (Å²) in [7, 11) is 0. The van der Waals surface area contributed by atoms with Crippen LogP contribution in [0.1, 0.15) is 5.56 Å². The minimum Gasteiger partial charge on any atom is -0.393 e. The molecule has 27 heavy (non-hydrogen) atoms. The third-order valence-corrected chi connectivity index (χ3v) is 4.90. The Bertz CT molecular complexity index is 1140. The lowest BCUT2D eigenvalue weighted by Crippen LogP contribution is -2.17. The summed E-state index contributed by atoms with van der Waals surface area (Å²) in [6.45, 7) is 0.859. The highest BCUT2D eigenvalue weighted by Crippen LogP contribution is 2.38. The van der Waals surface area contributed by atoms with Gasteiger partial charge in [-0.25, -0.2) is 9.97 Å². The quantitative estimate of drug-likeness (QED) is 0.578. The molecule has 5 rings (SSSR count). The number of nitrogens with two attached hydrogens (primary N) is 1. The number of para-hydroxylation sites is 1. The molecule has 2 aromatic heterocycles. The standard InChI is InChI=1S/C21H18N6/c22-19-20(26-17-8-3-7-16-15(17)6-4-11-23-16)24-13-25-21(19)27-12-10-14-5-1-2-9-18(14)27/h1-9,11,13H,10,12,22H2,(H,24,25,26). The highest BCUT2D eigenvalue weighted by Gasteiger charge is 2.24. The average molecular weight is 354 g/mol. The highest BCUT2D eigenvalue weighted by molar-refractivity contribution is 5.94. The summed E-state index contributed by atoms with van der Waals surface area (Å²) in [6, 6.07) is 18.2. The molecule has 0 unspecified atom stereocenters. The number of hydrogen-bond acceptors (Lipinski definition) is 6. The number of pyridine rings is 1. The van der Waals surface area contributed by atoms with Crippen LogP contribution in [0.2, 0.25) is 0 Å². The number of nitrogen functional groups attached to an aromatic ring is 1. The minimum atomic E-state index is 0.537. The van der Waals surface area contributed by atoms with E-state index in [2.05, 4.69) is 43.4 Å². The monoisotopic (exact) mass is 354 g/mol. The van der Waals surface area contributed by atoms with Crippen molar-refractivity contribution in [3.63, 3.8) is 0 Å². The van der Waals surface area contributed by atoms with Gasteiger partial charge in [-0.05, 0) is 42.3 Å². The summed E-state index contributed by atoms with van der Waals surface area (Å²) in [5.41, 5.74) is 11.3. The van der Waals surface area contributed by atoms with Gasteiger partial charge in [0.1, 0.15) is 12.0 Å². The van der Waals surface area contributed by atoms with Crippen LogP contribution in [0, 0.1) is 0 Å². The molecule has 0 atom stereocenters. The van der Waals surface area contributed by atoms with Gasteiger partial charge in [-0.3, -0.25) is 4.98 Å². The highest BCUT2D eigenvalue weighted by atomic mass is 15.2. The average Bonchev–Trinajstić information content (AvgIpc) is 3.14. The van der Waals surface area contributed by atoms with Crippen molar-refractivity contribution >= 4 is 39.6 Å². The normalized spacial score (nSPS) is 13.0. The zero-order chi connectivity index (χ0) is 18.2. The number of nitrogens with one attached hydrogen (secondary N) is 1. The molecule has 4 aromatic rings. The summed E-state index contributed by atoms with van der Waals surface area (Å²) >= 11 is 0. The van der Waals surface area contributed by atoms with Crippen molar-refractivity contribution in [3.05, 3.63) is 72.7 Å². The molecule has 1 aliphatic rings. The molecule has 6 nitrogen and oxygen atoms in total. The van der Waals surface area contributed by atoms with E-state index in [1.807, 2.05) is 36.4 Å². The van der Waals surface area contributed by atoms with E-state index in [1.165, 1.54) is 5.56 Å². The zero-order valence-electron chi connectivity index (χ0n) is 14.6.